The average Bonchev–Trinajstić information content (AvgIpc) is 3.45. The minimum absolute atomic E-state index is 0.258. The van der Waals surface area contributed by atoms with Crippen LogP contribution in [0.5, 0.6) is 23.0 Å². The first-order chi connectivity index (χ1) is 20.9. The number of hydrogen-bond acceptors (Lipinski definition) is 7. The zero-order chi connectivity index (χ0) is 30.3. The second kappa shape index (κ2) is 13.3. The van der Waals surface area contributed by atoms with Crippen molar-refractivity contribution in [1.29, 1.82) is 0 Å². The van der Waals surface area contributed by atoms with Crippen LogP contribution in [0.3, 0.4) is 0 Å². The molecule has 218 valence electrons. The molecule has 0 aliphatic rings. The lowest BCUT2D eigenvalue weighted by Crippen LogP contribution is -2.19. The van der Waals surface area contributed by atoms with E-state index in [0.717, 1.165) is 21.0 Å². The summed E-state index contributed by atoms with van der Waals surface area (Å²) >= 11 is 3.63. The van der Waals surface area contributed by atoms with Crippen molar-refractivity contribution in [3.05, 3.63) is 106 Å². The maximum Gasteiger partial charge on any atom is 0.343 e. The van der Waals surface area contributed by atoms with Gasteiger partial charge >= 0.3 is 5.97 Å². The van der Waals surface area contributed by atoms with E-state index in [1.165, 1.54) is 6.21 Å². The van der Waals surface area contributed by atoms with Crippen LogP contribution in [0.2, 0.25) is 0 Å². The zero-order valence-corrected chi connectivity index (χ0v) is 25.2. The Hall–Kier alpha value is -5.09. The molecule has 0 saturated heterocycles. The van der Waals surface area contributed by atoms with Gasteiger partial charge in [0.1, 0.15) is 17.2 Å². The molecule has 9 nitrogen and oxygen atoms in total. The Balaban J connectivity index is 1.38. The van der Waals surface area contributed by atoms with Gasteiger partial charge in [-0.3, -0.25) is 4.79 Å². The van der Waals surface area contributed by atoms with E-state index < -0.39 is 11.9 Å². The number of hydrazone groups is 1. The summed E-state index contributed by atoms with van der Waals surface area (Å²) in [6.07, 6.45) is 1.48. The van der Waals surface area contributed by atoms with Gasteiger partial charge in [0.15, 0.2) is 11.5 Å². The average molecular weight is 643 g/mol. The lowest BCUT2D eigenvalue weighted by Gasteiger charge is -2.11. The third kappa shape index (κ3) is 6.39. The number of nitrogens with zero attached hydrogens (tertiary/aromatic N) is 1. The summed E-state index contributed by atoms with van der Waals surface area (Å²) in [4.78, 5) is 29.3. The van der Waals surface area contributed by atoms with E-state index in [1.807, 2.05) is 49.4 Å². The number of ether oxygens (including phenoxy) is 4. The Morgan fingerprint density at radius 3 is 2.35 bits per heavy atom. The molecular weight excluding hydrogens is 614 g/mol. The van der Waals surface area contributed by atoms with E-state index in [9.17, 15) is 9.59 Å². The van der Waals surface area contributed by atoms with Crippen LogP contribution >= 0.6 is 15.9 Å². The molecule has 10 heteroatoms. The molecule has 4 aromatic carbocycles. The second-order valence-corrected chi connectivity index (χ2v) is 10.1. The van der Waals surface area contributed by atoms with Gasteiger partial charge in [0.05, 0.1) is 38.1 Å². The zero-order valence-electron chi connectivity index (χ0n) is 23.6. The molecule has 5 aromatic rings. The fourth-order valence-corrected chi connectivity index (χ4v) is 5.07. The highest BCUT2D eigenvalue weighted by atomic mass is 79.9. The van der Waals surface area contributed by atoms with Gasteiger partial charge in [-0.1, -0.05) is 46.3 Å². The largest absolute Gasteiger partial charge is 0.497 e. The molecule has 1 aromatic heterocycles. The number of esters is 1. The molecule has 0 bridgehead atoms. The van der Waals surface area contributed by atoms with Crippen molar-refractivity contribution >= 4 is 44.9 Å². The molecule has 0 atom stereocenters. The SMILES string of the molecule is CCOc1cc(C=NNC(=O)c2[nH]c3c(OC)ccc(Br)c3c2-c2ccccc2)ccc1OC(=O)c1ccc(OC)cc1. The van der Waals surface area contributed by atoms with E-state index in [1.54, 1.807) is 56.7 Å². The predicted molar refractivity (Wildman–Crippen MR) is 169 cm³/mol. The molecular formula is C33H28BrN3O6. The van der Waals surface area contributed by atoms with E-state index in [0.29, 0.717) is 46.2 Å². The molecule has 0 saturated carbocycles. The number of halogens is 1. The Labute approximate surface area is 256 Å². The molecule has 0 aliphatic heterocycles. The Bertz CT molecular complexity index is 1800. The van der Waals surface area contributed by atoms with Crippen molar-refractivity contribution in [1.82, 2.24) is 10.4 Å². The van der Waals surface area contributed by atoms with Crippen molar-refractivity contribution in [2.45, 2.75) is 6.92 Å². The highest BCUT2D eigenvalue weighted by molar-refractivity contribution is 9.10. The summed E-state index contributed by atoms with van der Waals surface area (Å²) < 4.78 is 22.8. The number of carbonyl (C=O) groups is 2. The predicted octanol–water partition coefficient (Wildman–Crippen LogP) is 7.00. The number of rotatable bonds is 10. The fraction of sp³-hybridized carbons (Fsp3) is 0.121. The van der Waals surface area contributed by atoms with Gasteiger partial charge in [-0.2, -0.15) is 5.10 Å². The Kier molecular flexibility index (Phi) is 9.07. The third-order valence-corrected chi connectivity index (χ3v) is 7.21. The number of aromatic nitrogens is 1. The fourth-order valence-electron chi connectivity index (χ4n) is 4.54. The first-order valence-corrected chi connectivity index (χ1v) is 14.1. The second-order valence-electron chi connectivity index (χ2n) is 9.20. The summed E-state index contributed by atoms with van der Waals surface area (Å²) in [7, 11) is 3.13. The van der Waals surface area contributed by atoms with Gasteiger partial charge < -0.3 is 23.9 Å². The molecule has 1 amide bonds. The van der Waals surface area contributed by atoms with Gasteiger partial charge in [-0.05, 0) is 72.6 Å². The van der Waals surface area contributed by atoms with E-state index >= 15 is 0 Å². The number of methoxy groups -OCH3 is 2. The minimum atomic E-state index is -0.534. The standard InChI is InChI=1S/C33H28BrN3O6/c1-4-42-27-18-20(10-16-25(27)43-33(39)22-11-13-23(40-2)14-12-22)19-35-37-32(38)31-28(21-8-6-5-7-9-21)29-24(34)15-17-26(41-3)30(29)36-31/h5-19,36H,4H2,1-3H3,(H,37,38). The van der Waals surface area contributed by atoms with Crippen molar-refractivity contribution in [3.63, 3.8) is 0 Å². The normalized spacial score (nSPS) is 11.0. The lowest BCUT2D eigenvalue weighted by molar-refractivity contribution is 0.0728. The molecule has 0 aliphatic carbocycles. The topological polar surface area (TPSA) is 111 Å². The summed E-state index contributed by atoms with van der Waals surface area (Å²) in [5, 5.41) is 5.00. The maximum atomic E-state index is 13.4. The van der Waals surface area contributed by atoms with Crippen LogP contribution in [0, 0.1) is 0 Å². The molecule has 0 spiro atoms. The summed E-state index contributed by atoms with van der Waals surface area (Å²) in [6.45, 7) is 2.18. The van der Waals surface area contributed by atoms with Gasteiger partial charge in [0.2, 0.25) is 0 Å². The van der Waals surface area contributed by atoms with Gasteiger partial charge in [-0.15, -0.1) is 0 Å². The van der Waals surface area contributed by atoms with Gasteiger partial charge in [0.25, 0.3) is 5.91 Å². The molecule has 1 heterocycles. The first kappa shape index (κ1) is 29.4. The Morgan fingerprint density at radius 2 is 1.65 bits per heavy atom. The molecule has 2 N–H and O–H groups in total. The highest BCUT2D eigenvalue weighted by Gasteiger charge is 2.23. The number of H-pyrrole nitrogens is 1. The van der Waals surface area contributed by atoms with Crippen LogP contribution in [0.15, 0.2) is 94.5 Å². The number of nitrogens with one attached hydrogen (secondary N) is 2. The summed E-state index contributed by atoms with van der Waals surface area (Å²) in [5.74, 6) is 0.890. The quantitative estimate of drug-likeness (QED) is 0.0735. The van der Waals surface area contributed by atoms with E-state index in [2.05, 4.69) is 31.4 Å². The van der Waals surface area contributed by atoms with Gasteiger partial charge in [-0.25, -0.2) is 10.2 Å². The van der Waals surface area contributed by atoms with Crippen molar-refractivity contribution < 1.29 is 28.5 Å². The molecule has 0 unspecified atom stereocenters. The summed E-state index contributed by atoms with van der Waals surface area (Å²) in [5.41, 5.74) is 6.20. The van der Waals surface area contributed by atoms with Crippen LogP contribution in [0.4, 0.5) is 0 Å². The van der Waals surface area contributed by atoms with Gasteiger partial charge in [0, 0.05) is 15.4 Å². The summed E-state index contributed by atoms with van der Waals surface area (Å²) in [6, 6.07) is 24.9. The number of carbonyl (C=O) groups excluding carboxylic acids is 2. The van der Waals surface area contributed by atoms with Crippen LogP contribution in [-0.2, 0) is 0 Å². The van der Waals surface area contributed by atoms with Crippen molar-refractivity contribution in [2.75, 3.05) is 20.8 Å². The van der Waals surface area contributed by atoms with E-state index in [4.69, 9.17) is 18.9 Å². The van der Waals surface area contributed by atoms with Crippen LogP contribution in [-0.4, -0.2) is 43.9 Å². The molecule has 43 heavy (non-hydrogen) atoms. The van der Waals surface area contributed by atoms with Crippen LogP contribution < -0.4 is 24.4 Å². The molecule has 0 radical (unpaired) electrons. The number of fused-ring (bicyclic) bond motifs is 1. The number of amides is 1. The van der Waals surface area contributed by atoms with Crippen LogP contribution in [0.1, 0.15) is 33.3 Å². The smallest absolute Gasteiger partial charge is 0.343 e. The lowest BCUT2D eigenvalue weighted by atomic mass is 10.0. The Morgan fingerprint density at radius 1 is 0.907 bits per heavy atom. The number of aromatic amines is 1. The minimum Gasteiger partial charge on any atom is -0.497 e. The van der Waals surface area contributed by atoms with Crippen molar-refractivity contribution in [3.8, 4) is 34.1 Å². The van der Waals surface area contributed by atoms with Crippen LogP contribution in [0.25, 0.3) is 22.0 Å². The molecule has 0 fully saturated rings. The third-order valence-electron chi connectivity index (χ3n) is 6.55. The van der Waals surface area contributed by atoms with E-state index in [-0.39, 0.29) is 5.75 Å². The maximum absolute atomic E-state index is 13.4. The number of benzene rings is 4. The number of hydrogen-bond donors (Lipinski definition) is 2. The van der Waals surface area contributed by atoms with Crippen molar-refractivity contribution in [2.24, 2.45) is 5.10 Å². The highest BCUT2D eigenvalue weighted by Crippen LogP contribution is 2.40. The first-order valence-electron chi connectivity index (χ1n) is 13.3. The monoisotopic (exact) mass is 641 g/mol. The molecule has 5 rings (SSSR count).